The summed E-state index contributed by atoms with van der Waals surface area (Å²) in [4.78, 5) is 28.5. The molecule has 43 heavy (non-hydrogen) atoms. The molecule has 0 saturated heterocycles. The Morgan fingerprint density at radius 2 is 1.70 bits per heavy atom. The van der Waals surface area contributed by atoms with Crippen molar-refractivity contribution in [2.75, 3.05) is 44.6 Å². The summed E-state index contributed by atoms with van der Waals surface area (Å²) in [6.07, 6.45) is 4.29. The number of aliphatic hydroxyl groups excluding tert-OH is 1. The van der Waals surface area contributed by atoms with Crippen LogP contribution in [0.25, 0.3) is 33.4 Å². The molecule has 1 aliphatic carbocycles. The maximum absolute atomic E-state index is 12.9. The van der Waals surface area contributed by atoms with E-state index in [9.17, 15) is 14.7 Å². The number of fused-ring (bicyclic) bond motifs is 2. The number of amides is 2. The van der Waals surface area contributed by atoms with Crippen LogP contribution in [-0.4, -0.2) is 55.8 Å². The van der Waals surface area contributed by atoms with Crippen molar-refractivity contribution in [1.82, 2.24) is 5.32 Å². The highest BCUT2D eigenvalue weighted by molar-refractivity contribution is 6.17. The number of aliphatic hydroxyl groups is 1. The number of hydrogen-bond donors (Lipinski definition) is 3. The second-order valence-electron chi connectivity index (χ2n) is 10.2. The van der Waals surface area contributed by atoms with E-state index in [0.717, 1.165) is 47.8 Å². The number of ether oxygens (including phenoxy) is 2. The molecule has 10 heteroatoms. The van der Waals surface area contributed by atoms with E-state index >= 15 is 0 Å². The summed E-state index contributed by atoms with van der Waals surface area (Å²) in [6, 6.07) is 15.9. The van der Waals surface area contributed by atoms with Gasteiger partial charge in [0.2, 0.25) is 5.91 Å². The van der Waals surface area contributed by atoms with Gasteiger partial charge in [-0.3, -0.25) is 9.59 Å². The third kappa shape index (κ3) is 8.87. The predicted octanol–water partition coefficient (Wildman–Crippen LogP) is 5.29. The Balaban J connectivity index is 1.45. The van der Waals surface area contributed by atoms with Crippen LogP contribution >= 0.6 is 11.6 Å². The number of benzene rings is 3. The molecule has 4 N–H and O–H groups in total. The largest absolute Gasteiger partial charge is 0.456 e. The Hall–Kier alpha value is -3.76. The molecule has 0 atom stereocenters. The first-order valence-corrected chi connectivity index (χ1v) is 15.0. The van der Waals surface area contributed by atoms with E-state index in [1.54, 1.807) is 36.4 Å². The zero-order valence-electron chi connectivity index (χ0n) is 24.4. The zero-order valence-corrected chi connectivity index (χ0v) is 25.1. The van der Waals surface area contributed by atoms with Crippen LogP contribution in [0.1, 0.15) is 48.5 Å². The van der Waals surface area contributed by atoms with Crippen LogP contribution in [0.5, 0.6) is 0 Å². The lowest BCUT2D eigenvalue weighted by Crippen LogP contribution is -2.27. The summed E-state index contributed by atoms with van der Waals surface area (Å²) in [5.74, 6) is 0.632. The van der Waals surface area contributed by atoms with E-state index in [1.807, 2.05) is 18.2 Å². The van der Waals surface area contributed by atoms with E-state index in [-0.39, 0.29) is 18.4 Å². The molecule has 4 rings (SSSR count). The van der Waals surface area contributed by atoms with Gasteiger partial charge in [-0.2, -0.15) is 0 Å². The highest BCUT2D eigenvalue weighted by atomic mass is 35.5. The highest BCUT2D eigenvalue weighted by Crippen LogP contribution is 2.41. The van der Waals surface area contributed by atoms with Crippen LogP contribution in [0.3, 0.4) is 0 Å². The van der Waals surface area contributed by atoms with Crippen molar-refractivity contribution in [3.63, 3.8) is 0 Å². The Kier molecular flexibility index (Phi) is 12.1. The fourth-order valence-corrected chi connectivity index (χ4v) is 5.05. The van der Waals surface area contributed by atoms with Crippen molar-refractivity contribution in [1.29, 1.82) is 0 Å². The summed E-state index contributed by atoms with van der Waals surface area (Å²) >= 11 is 5.68. The van der Waals surface area contributed by atoms with Crippen LogP contribution in [0, 0.1) is 0 Å². The number of nitrogen functional groups attached to an aromatic ring is 1. The minimum absolute atomic E-state index is 0.265. The lowest BCUT2D eigenvalue weighted by atomic mass is 9.90. The Labute approximate surface area is 256 Å². The molecule has 2 aromatic rings. The van der Waals surface area contributed by atoms with Crippen molar-refractivity contribution < 1.29 is 28.6 Å². The summed E-state index contributed by atoms with van der Waals surface area (Å²) in [7, 11) is 0. The molecule has 0 saturated carbocycles. The first-order chi connectivity index (χ1) is 20.9. The first-order valence-electron chi connectivity index (χ1n) is 14.5. The van der Waals surface area contributed by atoms with Crippen molar-refractivity contribution >= 4 is 40.1 Å². The van der Waals surface area contributed by atoms with Crippen LogP contribution < -0.4 is 16.4 Å². The quantitative estimate of drug-likeness (QED) is 0.0723. The molecular weight excluding hydrogens is 570 g/mol. The molecule has 0 aromatic heterocycles. The average molecular weight is 608 g/mol. The van der Waals surface area contributed by atoms with Crippen molar-refractivity contribution in [3.8, 4) is 22.5 Å². The third-order valence-corrected chi connectivity index (χ3v) is 7.17. The van der Waals surface area contributed by atoms with Gasteiger partial charge in [0.15, 0.2) is 0 Å². The van der Waals surface area contributed by atoms with Gasteiger partial charge >= 0.3 is 0 Å². The fourth-order valence-electron chi connectivity index (χ4n) is 4.86. The minimum atomic E-state index is -0.318. The van der Waals surface area contributed by atoms with Gasteiger partial charge in [-0.25, -0.2) is 4.99 Å². The molecule has 1 aliphatic heterocycles. The van der Waals surface area contributed by atoms with E-state index < -0.39 is 0 Å². The average Bonchev–Trinajstić information content (AvgIpc) is 2.99. The number of carbonyl (C=O) groups is 2. The molecule has 2 aliphatic rings. The second kappa shape index (κ2) is 16.2. The number of alkyl halides is 1. The van der Waals surface area contributed by atoms with Crippen LogP contribution in [0.2, 0.25) is 0 Å². The second-order valence-corrected chi connectivity index (χ2v) is 10.5. The normalized spacial score (nSPS) is 11.8. The molecule has 228 valence electrons. The van der Waals surface area contributed by atoms with Gasteiger partial charge in [-0.05, 0) is 60.4 Å². The Morgan fingerprint density at radius 3 is 2.47 bits per heavy atom. The van der Waals surface area contributed by atoms with Crippen molar-refractivity contribution in [2.45, 2.75) is 39.2 Å². The maximum Gasteiger partial charge on any atom is 0.251 e. The number of nitrogens with zero attached hydrogens (tertiary/aromatic N) is 1. The number of hydrogen-bond acceptors (Lipinski definition) is 7. The van der Waals surface area contributed by atoms with Crippen LogP contribution in [0.15, 0.2) is 64.0 Å². The van der Waals surface area contributed by atoms with Gasteiger partial charge in [-0.15, -0.1) is 11.6 Å². The van der Waals surface area contributed by atoms with E-state index in [4.69, 9.17) is 31.2 Å². The monoisotopic (exact) mass is 607 g/mol. The van der Waals surface area contributed by atoms with Gasteiger partial charge in [0.1, 0.15) is 11.3 Å². The van der Waals surface area contributed by atoms with E-state index in [2.05, 4.69) is 10.3 Å². The van der Waals surface area contributed by atoms with Crippen LogP contribution in [-0.2, 0) is 20.9 Å². The maximum atomic E-state index is 12.9. The number of halogens is 1. The topological polar surface area (TPSA) is 136 Å². The zero-order chi connectivity index (χ0) is 30.6. The number of anilines is 1. The van der Waals surface area contributed by atoms with Gasteiger partial charge in [0.05, 0.1) is 31.8 Å². The minimum Gasteiger partial charge on any atom is -0.456 e. The third-order valence-electron chi connectivity index (χ3n) is 6.90. The molecule has 1 heterocycles. The number of nitrogens with one attached hydrogen (secondary N) is 1. The molecule has 0 radical (unpaired) electrons. The van der Waals surface area contributed by atoms with Crippen molar-refractivity contribution in [2.24, 2.45) is 4.99 Å². The van der Waals surface area contributed by atoms with Gasteiger partial charge in [0, 0.05) is 65.9 Å². The van der Waals surface area contributed by atoms with Gasteiger partial charge < -0.3 is 30.0 Å². The summed E-state index contributed by atoms with van der Waals surface area (Å²) in [5.41, 5.74) is 10.4. The van der Waals surface area contributed by atoms with Gasteiger partial charge in [0.25, 0.3) is 5.91 Å². The van der Waals surface area contributed by atoms with Gasteiger partial charge in [-0.1, -0.05) is 18.9 Å². The lowest BCUT2D eigenvalue weighted by Gasteiger charge is -2.18. The van der Waals surface area contributed by atoms with E-state index in [1.165, 1.54) is 6.92 Å². The number of nitrogens with two attached hydrogens (primary N) is 1. The molecule has 0 bridgehead atoms. The highest BCUT2D eigenvalue weighted by Gasteiger charge is 2.20. The fraction of sp³-hybridized carbons (Fsp3) is 0.364. The first kappa shape index (κ1) is 32.2. The van der Waals surface area contributed by atoms with E-state index in [0.29, 0.717) is 72.4 Å². The SMILES string of the molecule is CC(=O)N=c1ccc2c(-c3ccc(C(=O)NCCOCCOCCCCCCCl)cc3CO)c3ccc(N)cc3oc-2c1. The smallest absolute Gasteiger partial charge is 0.251 e. The molecule has 2 aromatic carbocycles. The predicted molar refractivity (Wildman–Crippen MR) is 168 cm³/mol. The summed E-state index contributed by atoms with van der Waals surface area (Å²) < 4.78 is 17.3. The Bertz CT molecular complexity index is 1580. The summed E-state index contributed by atoms with van der Waals surface area (Å²) in [6.45, 7) is 3.49. The number of unbranched alkanes of at least 4 members (excludes halogenated alkanes) is 3. The molecule has 0 spiro atoms. The molecule has 0 unspecified atom stereocenters. The van der Waals surface area contributed by atoms with Crippen molar-refractivity contribution in [3.05, 3.63) is 71.1 Å². The molecule has 9 nitrogen and oxygen atoms in total. The van der Waals surface area contributed by atoms with Crippen LogP contribution in [0.4, 0.5) is 5.69 Å². The molecule has 0 fully saturated rings. The standard InChI is InChI=1S/C33H38ClN3O6/c1-22(39)37-26-8-11-29-31(20-26)43-30-19-25(35)7-10-28(30)32(29)27-9-6-23(18-24(27)21-38)33(40)36-13-15-42-17-16-41-14-5-3-2-4-12-34/h6-11,18-20,38H,2-5,12-17,21,35H2,1H3,(H,36,40). The number of carbonyl (C=O) groups excluding carboxylic acids is 2. The number of rotatable bonds is 15. The molecular formula is C33H38ClN3O6. The molecule has 2 amide bonds. The lowest BCUT2D eigenvalue weighted by molar-refractivity contribution is -0.116. The Morgan fingerprint density at radius 1 is 0.930 bits per heavy atom. The summed E-state index contributed by atoms with van der Waals surface area (Å²) in [5, 5.41) is 14.5.